The molecule has 1 amide bonds. The van der Waals surface area contributed by atoms with Gasteiger partial charge >= 0.3 is 5.97 Å². The largest absolute Gasteiger partial charge is 0.477 e. The minimum Gasteiger partial charge on any atom is -0.477 e. The summed E-state index contributed by atoms with van der Waals surface area (Å²) in [4.78, 5) is 28.6. The molecule has 0 unspecified atom stereocenters. The Balaban J connectivity index is 2.38. The lowest BCUT2D eigenvalue weighted by molar-refractivity contribution is -0.126. The first kappa shape index (κ1) is 12.3. The van der Waals surface area contributed by atoms with Crippen LogP contribution in [0.15, 0.2) is 18.2 Å². The third kappa shape index (κ3) is 2.01. The number of carboxylic acid groups (broad SMARTS) is 1. The van der Waals surface area contributed by atoms with Crippen LogP contribution in [0.2, 0.25) is 0 Å². The Morgan fingerprint density at radius 1 is 1.50 bits per heavy atom. The van der Waals surface area contributed by atoms with Crippen LogP contribution in [-0.2, 0) is 4.79 Å². The smallest absolute Gasteiger partial charge is 0.354 e. The van der Waals surface area contributed by atoms with Crippen molar-refractivity contribution in [2.24, 2.45) is 0 Å². The molecule has 2 heterocycles. The number of amides is 1. The number of hydrogen-bond donors (Lipinski definition) is 2. The third-order valence-electron chi connectivity index (χ3n) is 3.08. The topological polar surface area (TPSA) is 82.5 Å². The zero-order valence-electron chi connectivity index (χ0n) is 10.3. The third-order valence-corrected chi connectivity index (χ3v) is 3.08. The number of anilines is 1. The van der Waals surface area contributed by atoms with Crippen LogP contribution >= 0.6 is 0 Å². The Kier molecular flexibility index (Phi) is 2.94. The molecule has 0 radical (unpaired) electrons. The number of piperazine rings is 1. The highest BCUT2D eigenvalue weighted by atomic mass is 16.4. The van der Waals surface area contributed by atoms with E-state index in [9.17, 15) is 9.59 Å². The fraction of sp³-hybridized carbons (Fsp3) is 0.417. The molecule has 1 aromatic rings. The first-order valence-corrected chi connectivity index (χ1v) is 5.69. The zero-order valence-corrected chi connectivity index (χ0v) is 10.3. The first-order chi connectivity index (χ1) is 8.43. The summed E-state index contributed by atoms with van der Waals surface area (Å²) in [7, 11) is 0. The average Bonchev–Trinajstić information content (AvgIpc) is 2.32. The van der Waals surface area contributed by atoms with Gasteiger partial charge in [0.15, 0.2) is 5.69 Å². The number of carbonyl (C=O) groups excluding carboxylic acids is 1. The number of rotatable bonds is 2. The number of aromatic nitrogens is 1. The Labute approximate surface area is 105 Å². The second-order valence-corrected chi connectivity index (χ2v) is 4.65. The Bertz CT molecular complexity index is 499. The average molecular weight is 249 g/mol. The Morgan fingerprint density at radius 2 is 2.22 bits per heavy atom. The summed E-state index contributed by atoms with van der Waals surface area (Å²) in [6, 6.07) is 4.78. The molecule has 96 valence electrons. The summed E-state index contributed by atoms with van der Waals surface area (Å²) in [6.45, 7) is 4.71. The molecule has 1 aliphatic rings. The molecule has 0 atom stereocenters. The minimum atomic E-state index is -1.07. The second-order valence-electron chi connectivity index (χ2n) is 4.65. The van der Waals surface area contributed by atoms with Crippen molar-refractivity contribution in [2.75, 3.05) is 18.0 Å². The molecule has 2 N–H and O–H groups in total. The number of carboxylic acids is 1. The van der Waals surface area contributed by atoms with Gasteiger partial charge in [0.25, 0.3) is 0 Å². The van der Waals surface area contributed by atoms with Crippen LogP contribution < -0.4 is 10.2 Å². The number of pyridine rings is 1. The van der Waals surface area contributed by atoms with E-state index in [-0.39, 0.29) is 11.6 Å². The molecule has 1 aliphatic heterocycles. The van der Waals surface area contributed by atoms with E-state index in [2.05, 4.69) is 10.3 Å². The number of nitrogens with one attached hydrogen (secondary N) is 1. The number of hydrogen-bond acceptors (Lipinski definition) is 4. The number of carbonyl (C=O) groups is 2. The van der Waals surface area contributed by atoms with Crippen LogP contribution in [-0.4, -0.2) is 40.6 Å². The van der Waals surface area contributed by atoms with E-state index in [1.807, 2.05) is 4.90 Å². The molecule has 6 nitrogen and oxygen atoms in total. The van der Waals surface area contributed by atoms with Gasteiger partial charge in [-0.15, -0.1) is 0 Å². The minimum absolute atomic E-state index is 0.0192. The molecule has 2 rings (SSSR count). The highest BCUT2D eigenvalue weighted by Crippen LogP contribution is 2.24. The van der Waals surface area contributed by atoms with Crippen LogP contribution in [0.4, 0.5) is 5.82 Å². The van der Waals surface area contributed by atoms with Crippen LogP contribution in [0.3, 0.4) is 0 Å². The fourth-order valence-corrected chi connectivity index (χ4v) is 1.99. The number of nitrogens with zero attached hydrogens (tertiary/aromatic N) is 2. The van der Waals surface area contributed by atoms with Crippen molar-refractivity contribution in [3.63, 3.8) is 0 Å². The molecule has 0 spiro atoms. The summed E-state index contributed by atoms with van der Waals surface area (Å²) in [5.74, 6) is -0.651. The maximum atomic E-state index is 11.8. The molecule has 1 saturated heterocycles. The van der Waals surface area contributed by atoms with Crippen molar-refractivity contribution in [1.29, 1.82) is 0 Å². The predicted octanol–water partition coefficient (Wildman–Crippen LogP) is 0.495. The van der Waals surface area contributed by atoms with Crippen LogP contribution in [0.25, 0.3) is 0 Å². The molecular weight excluding hydrogens is 234 g/mol. The van der Waals surface area contributed by atoms with Gasteiger partial charge in [-0.1, -0.05) is 6.07 Å². The van der Waals surface area contributed by atoms with Crippen molar-refractivity contribution < 1.29 is 14.7 Å². The van der Waals surface area contributed by atoms with E-state index in [4.69, 9.17) is 5.11 Å². The maximum absolute atomic E-state index is 11.8. The zero-order chi connectivity index (χ0) is 13.3. The summed E-state index contributed by atoms with van der Waals surface area (Å²) in [5.41, 5.74) is -0.753. The predicted molar refractivity (Wildman–Crippen MR) is 65.6 cm³/mol. The molecule has 1 aromatic heterocycles. The van der Waals surface area contributed by atoms with Crippen molar-refractivity contribution >= 4 is 17.7 Å². The van der Waals surface area contributed by atoms with Gasteiger partial charge in [-0.3, -0.25) is 4.79 Å². The maximum Gasteiger partial charge on any atom is 0.354 e. The van der Waals surface area contributed by atoms with E-state index in [0.29, 0.717) is 18.9 Å². The second kappa shape index (κ2) is 4.29. The molecule has 6 heteroatoms. The lowest BCUT2D eigenvalue weighted by atomic mass is 9.99. The SMILES string of the molecule is CC1(C)C(=O)NCCN1c1cccc(C(=O)O)n1. The molecule has 1 fully saturated rings. The van der Waals surface area contributed by atoms with Gasteiger partial charge in [-0.25, -0.2) is 9.78 Å². The van der Waals surface area contributed by atoms with E-state index in [1.165, 1.54) is 6.07 Å². The van der Waals surface area contributed by atoms with Crippen molar-refractivity contribution in [3.8, 4) is 0 Å². The molecule has 0 aromatic carbocycles. The van der Waals surface area contributed by atoms with Crippen LogP contribution in [0.1, 0.15) is 24.3 Å². The lowest BCUT2D eigenvalue weighted by Gasteiger charge is -2.42. The van der Waals surface area contributed by atoms with E-state index in [1.54, 1.807) is 26.0 Å². The normalized spacial score (nSPS) is 18.3. The van der Waals surface area contributed by atoms with Crippen molar-refractivity contribution in [3.05, 3.63) is 23.9 Å². The van der Waals surface area contributed by atoms with Gasteiger partial charge in [0.2, 0.25) is 5.91 Å². The van der Waals surface area contributed by atoms with Crippen molar-refractivity contribution in [2.45, 2.75) is 19.4 Å². The van der Waals surface area contributed by atoms with E-state index >= 15 is 0 Å². The quantitative estimate of drug-likeness (QED) is 0.797. The van der Waals surface area contributed by atoms with E-state index in [0.717, 1.165) is 0 Å². The van der Waals surface area contributed by atoms with Crippen molar-refractivity contribution in [1.82, 2.24) is 10.3 Å². The summed E-state index contributed by atoms with van der Waals surface area (Å²) >= 11 is 0. The van der Waals surface area contributed by atoms with Crippen LogP contribution in [0.5, 0.6) is 0 Å². The standard InChI is InChI=1S/C12H15N3O3/c1-12(2)11(18)13-6-7-15(12)9-5-3-4-8(14-9)10(16)17/h3-5H,6-7H2,1-2H3,(H,13,18)(H,16,17). The Morgan fingerprint density at radius 3 is 2.89 bits per heavy atom. The van der Waals surface area contributed by atoms with Gasteiger partial charge < -0.3 is 15.3 Å². The number of aromatic carboxylic acids is 1. The van der Waals surface area contributed by atoms with E-state index < -0.39 is 11.5 Å². The lowest BCUT2D eigenvalue weighted by Crippen LogP contribution is -2.62. The van der Waals surface area contributed by atoms with Gasteiger partial charge in [0.1, 0.15) is 11.4 Å². The Hall–Kier alpha value is -2.11. The van der Waals surface area contributed by atoms with Crippen LogP contribution in [0, 0.1) is 0 Å². The van der Waals surface area contributed by atoms with Gasteiger partial charge in [-0.05, 0) is 26.0 Å². The van der Waals surface area contributed by atoms with Gasteiger partial charge in [0, 0.05) is 13.1 Å². The molecule has 18 heavy (non-hydrogen) atoms. The molecule has 0 aliphatic carbocycles. The monoisotopic (exact) mass is 249 g/mol. The molecule has 0 bridgehead atoms. The summed E-state index contributed by atoms with van der Waals surface area (Å²) in [6.07, 6.45) is 0. The van der Waals surface area contributed by atoms with Gasteiger partial charge in [0.05, 0.1) is 0 Å². The molecule has 0 saturated carbocycles. The fourth-order valence-electron chi connectivity index (χ4n) is 1.99. The first-order valence-electron chi connectivity index (χ1n) is 5.69. The highest BCUT2D eigenvalue weighted by Gasteiger charge is 2.38. The summed E-state index contributed by atoms with van der Waals surface area (Å²) in [5, 5.41) is 11.7. The highest BCUT2D eigenvalue weighted by molar-refractivity contribution is 5.90. The molecular formula is C12H15N3O3. The van der Waals surface area contributed by atoms with Gasteiger partial charge in [-0.2, -0.15) is 0 Å². The summed E-state index contributed by atoms with van der Waals surface area (Å²) < 4.78 is 0.